The smallest absolute Gasteiger partial charge is 1.00 e. The van der Waals surface area contributed by atoms with Crippen molar-refractivity contribution in [2.45, 2.75) is 79.8 Å². The third kappa shape index (κ3) is 1750. The topological polar surface area (TPSA) is 92.2 Å². The van der Waals surface area contributed by atoms with E-state index in [1.165, 1.54) is 0 Å². The van der Waals surface area contributed by atoms with Gasteiger partial charge in [-0.3, -0.25) is 0 Å². The van der Waals surface area contributed by atoms with Crippen molar-refractivity contribution in [3.63, 3.8) is 0 Å². The molecule has 0 atom stereocenters. The molecule has 0 radical (unpaired) electrons. The van der Waals surface area contributed by atoms with Crippen LogP contribution in [-0.4, -0.2) is 24.4 Å². The van der Waals surface area contributed by atoms with E-state index in [0.717, 1.165) is 0 Å². The number of hydrogen-bond acceptors (Lipinski definition) is 4. The molecule has 0 aromatic rings. The van der Waals surface area contributed by atoms with E-state index in [1.807, 2.05) is 0 Å². The van der Waals surface area contributed by atoms with Crippen LogP contribution in [0, 0.1) is 0 Å². The molecule has 0 spiro atoms. The monoisotopic (exact) mass is 472 g/mol. The number of hydrogen-bond donors (Lipinski definition) is 0. The van der Waals surface area contributed by atoms with Gasteiger partial charge in [0.15, 0.2) is 0 Å². The summed E-state index contributed by atoms with van der Waals surface area (Å²) in [6.45, 7) is 12.9. The van der Waals surface area contributed by atoms with Crippen LogP contribution in [0.25, 0.3) is 0 Å². The fraction of sp³-hybridized carbons (Fsp3) is 1.00. The van der Waals surface area contributed by atoms with Crippen molar-refractivity contribution in [2.75, 3.05) is 0 Å². The van der Waals surface area contributed by atoms with E-state index in [9.17, 15) is 20.4 Å². The summed E-state index contributed by atoms with van der Waals surface area (Å²) in [5.74, 6) is 0. The molecule has 0 heterocycles. The summed E-state index contributed by atoms with van der Waals surface area (Å²) in [5.41, 5.74) is 0. The van der Waals surface area contributed by atoms with Crippen LogP contribution in [0.2, 0.25) is 0 Å². The first-order chi connectivity index (χ1) is 6.93. The molecule has 22 heavy (non-hydrogen) atoms. The predicted molar refractivity (Wildman–Crippen MR) is 60.5 cm³/mol. The minimum absolute atomic E-state index is 0. The van der Waals surface area contributed by atoms with Gasteiger partial charge in [0.2, 0.25) is 0 Å². The Morgan fingerprint density at radius 3 is 0.364 bits per heavy atom. The molecule has 0 fully saturated rings. The second-order valence-corrected chi connectivity index (χ2v) is 4.20. The van der Waals surface area contributed by atoms with Crippen molar-refractivity contribution < 1.29 is 113 Å². The van der Waals surface area contributed by atoms with E-state index in [2.05, 4.69) is 0 Å². The Balaban J connectivity index is -0.00000001000. The first-order valence-electron chi connectivity index (χ1n) is 5.56. The third-order valence-electron chi connectivity index (χ3n) is 0. The van der Waals surface area contributed by atoms with Gasteiger partial charge in [0.05, 0.1) is 0 Å². The van der Waals surface area contributed by atoms with Gasteiger partial charge < -0.3 is 70.1 Å². The molecule has 136 valence electrons. The Morgan fingerprint density at radius 2 is 0.364 bits per heavy atom. The van der Waals surface area contributed by atoms with Crippen molar-refractivity contribution in [3.05, 3.63) is 0 Å². The second kappa shape index (κ2) is 56.6. The number of rotatable bonds is 0. The van der Waals surface area contributed by atoms with Gasteiger partial charge in [-0.15, -0.1) is 24.4 Å². The molecule has 10 heteroatoms. The standard InChI is InChI=1S/4C3H7O.4ClH.2Ti/c4*1-3(2)4;;;;;;/h4*3H,1-2H3;4*1H;;/q4*-1;;;;;2*+4/p-4. The molecule has 0 aliphatic rings. The molecule has 0 amide bonds. The van der Waals surface area contributed by atoms with E-state index < -0.39 is 24.4 Å². The SMILES string of the molecule is CC(C)[O-].CC(C)[O-].CC(C)[O-].CC(C)[O-].[Cl-].[Cl-].[Cl-].[Cl-].[Ti+4].[Ti+4]. The van der Waals surface area contributed by atoms with Crippen molar-refractivity contribution in [1.29, 1.82) is 0 Å². The zero-order valence-electron chi connectivity index (χ0n) is 14.5. The van der Waals surface area contributed by atoms with Crippen LogP contribution in [0.15, 0.2) is 0 Å². The third-order valence-corrected chi connectivity index (χ3v) is 0. The minimum atomic E-state index is -0.417. The van der Waals surface area contributed by atoms with E-state index in [0.29, 0.717) is 0 Å². The van der Waals surface area contributed by atoms with Crippen molar-refractivity contribution in [3.8, 4) is 0 Å². The predicted octanol–water partition coefficient (Wildman–Crippen LogP) is -13.0. The zero-order valence-corrected chi connectivity index (χ0v) is 20.6. The van der Waals surface area contributed by atoms with Crippen LogP contribution < -0.4 is 70.1 Å². The molecular formula is C12H28Cl4O4Ti2. The van der Waals surface area contributed by atoms with E-state index in [-0.39, 0.29) is 93.1 Å². The summed E-state index contributed by atoms with van der Waals surface area (Å²) >= 11 is 0. The first-order valence-corrected chi connectivity index (χ1v) is 5.56. The van der Waals surface area contributed by atoms with Crippen LogP contribution >= 0.6 is 0 Å². The Labute approximate surface area is 192 Å². The molecule has 0 N–H and O–H groups in total. The van der Waals surface area contributed by atoms with Gasteiger partial charge in [-0.05, 0) is 0 Å². The van der Waals surface area contributed by atoms with Crippen LogP contribution in [0.5, 0.6) is 0 Å². The Hall–Kier alpha value is 2.43. The molecular weight excluding hydrogens is 446 g/mol. The Bertz CT molecular complexity index is 80.1. The summed E-state index contributed by atoms with van der Waals surface area (Å²) in [7, 11) is 0. The summed E-state index contributed by atoms with van der Waals surface area (Å²) in [6, 6.07) is 0. The molecule has 4 nitrogen and oxygen atoms in total. The molecule has 0 saturated heterocycles. The van der Waals surface area contributed by atoms with Gasteiger partial charge in [0.25, 0.3) is 0 Å². The molecule has 0 aromatic heterocycles. The van der Waals surface area contributed by atoms with Crippen molar-refractivity contribution in [1.82, 2.24) is 0 Å². The average Bonchev–Trinajstić information content (AvgIpc) is 1.76. The molecule has 0 rings (SSSR count). The maximum Gasteiger partial charge on any atom is 4.00 e. The first kappa shape index (κ1) is 64.4. The Kier molecular flexibility index (Phi) is 166. The van der Waals surface area contributed by atoms with E-state index in [1.54, 1.807) is 55.4 Å². The van der Waals surface area contributed by atoms with Crippen LogP contribution in [0.3, 0.4) is 0 Å². The largest absolute Gasteiger partial charge is 4.00 e. The summed E-state index contributed by atoms with van der Waals surface area (Å²) in [5, 5.41) is 38.1. The second-order valence-electron chi connectivity index (χ2n) is 4.20. The van der Waals surface area contributed by atoms with Gasteiger partial charge >= 0.3 is 43.4 Å². The van der Waals surface area contributed by atoms with Gasteiger partial charge in [-0.2, -0.15) is 0 Å². The molecule has 0 unspecified atom stereocenters. The van der Waals surface area contributed by atoms with Crippen LogP contribution in [0.4, 0.5) is 0 Å². The molecule has 0 aliphatic carbocycles. The normalized spacial score (nSPS) is 6.55. The van der Waals surface area contributed by atoms with Gasteiger partial charge in [-0.25, -0.2) is 0 Å². The van der Waals surface area contributed by atoms with Gasteiger partial charge in [-0.1, -0.05) is 55.4 Å². The Morgan fingerprint density at radius 1 is 0.364 bits per heavy atom. The average molecular weight is 474 g/mol. The zero-order chi connectivity index (χ0) is 14.3. The van der Waals surface area contributed by atoms with Crippen LogP contribution in [0.1, 0.15) is 55.4 Å². The number of halogens is 4. The molecule has 0 bridgehead atoms. The van der Waals surface area contributed by atoms with Crippen molar-refractivity contribution >= 4 is 0 Å². The van der Waals surface area contributed by atoms with Crippen LogP contribution in [-0.2, 0) is 43.4 Å². The van der Waals surface area contributed by atoms with Gasteiger partial charge in [0.1, 0.15) is 0 Å². The molecule has 0 saturated carbocycles. The van der Waals surface area contributed by atoms with E-state index in [4.69, 9.17) is 0 Å². The minimum Gasteiger partial charge on any atom is -1.00 e. The summed E-state index contributed by atoms with van der Waals surface area (Å²) in [4.78, 5) is 0. The quantitative estimate of drug-likeness (QED) is 0.327. The summed E-state index contributed by atoms with van der Waals surface area (Å²) in [6.07, 6.45) is -1.67. The maximum atomic E-state index is 9.53. The molecule has 0 aliphatic heterocycles. The molecule has 0 aromatic carbocycles. The summed E-state index contributed by atoms with van der Waals surface area (Å²) < 4.78 is 0. The van der Waals surface area contributed by atoms with Crippen molar-refractivity contribution in [2.24, 2.45) is 0 Å². The van der Waals surface area contributed by atoms with Gasteiger partial charge in [0, 0.05) is 0 Å². The van der Waals surface area contributed by atoms with E-state index >= 15 is 0 Å². The fourth-order valence-electron chi connectivity index (χ4n) is 0. The maximum absolute atomic E-state index is 9.53. The fourth-order valence-corrected chi connectivity index (χ4v) is 0.